The highest BCUT2D eigenvalue weighted by Gasteiger charge is 2.36. The Morgan fingerprint density at radius 3 is 2.70 bits per heavy atom. The molecule has 0 spiro atoms. The lowest BCUT2D eigenvalue weighted by atomic mass is 9.76. The van der Waals surface area contributed by atoms with Crippen LogP contribution in [0.4, 0.5) is 0 Å². The molecular formula is C15H16N4O4. The van der Waals surface area contributed by atoms with E-state index in [2.05, 4.69) is 15.3 Å². The van der Waals surface area contributed by atoms with Crippen molar-refractivity contribution in [1.82, 2.24) is 20.3 Å². The lowest BCUT2D eigenvalue weighted by Crippen LogP contribution is -2.42. The fraction of sp³-hybridized carbons (Fsp3) is 0.333. The van der Waals surface area contributed by atoms with Crippen molar-refractivity contribution in [2.45, 2.75) is 25.0 Å². The summed E-state index contributed by atoms with van der Waals surface area (Å²) in [5.74, 6) is -0.511. The van der Waals surface area contributed by atoms with E-state index >= 15 is 0 Å². The van der Waals surface area contributed by atoms with E-state index in [0.717, 1.165) is 6.07 Å². The normalized spacial score (nSPS) is 21.3. The summed E-state index contributed by atoms with van der Waals surface area (Å²) in [6, 6.07) is 6.01. The van der Waals surface area contributed by atoms with Crippen LogP contribution in [0.2, 0.25) is 0 Å². The number of hydrogen-bond donors (Lipinski definition) is 4. The topological polar surface area (TPSA) is 128 Å². The number of aliphatic hydroxyl groups excluding tert-OH is 1. The van der Waals surface area contributed by atoms with Crippen molar-refractivity contribution >= 4 is 5.91 Å². The summed E-state index contributed by atoms with van der Waals surface area (Å²) in [6.45, 7) is 0. The Bertz CT molecular complexity index is 780. The van der Waals surface area contributed by atoms with E-state index in [-0.39, 0.29) is 17.7 Å². The van der Waals surface area contributed by atoms with Crippen molar-refractivity contribution in [2.24, 2.45) is 5.92 Å². The zero-order chi connectivity index (χ0) is 16.4. The van der Waals surface area contributed by atoms with E-state index in [1.54, 1.807) is 18.3 Å². The predicted molar refractivity (Wildman–Crippen MR) is 80.9 cm³/mol. The molecule has 1 aliphatic rings. The Kier molecular flexibility index (Phi) is 4.07. The zero-order valence-corrected chi connectivity index (χ0v) is 12.2. The zero-order valence-electron chi connectivity index (χ0n) is 12.2. The molecule has 4 N–H and O–H groups in total. The van der Waals surface area contributed by atoms with Crippen LogP contribution in [0.3, 0.4) is 0 Å². The lowest BCUT2D eigenvalue weighted by Gasteiger charge is -2.37. The van der Waals surface area contributed by atoms with Gasteiger partial charge < -0.3 is 15.4 Å². The molecule has 1 saturated carbocycles. The molecule has 2 aromatic rings. The summed E-state index contributed by atoms with van der Waals surface area (Å²) in [5, 5.41) is 12.3. The molecule has 8 heteroatoms. The van der Waals surface area contributed by atoms with Gasteiger partial charge in [0.15, 0.2) is 0 Å². The SMILES string of the molecule is O=C(NC(c1ccccn1)C1CC(O)C1)c1cc(=O)[nH]c(=O)[nH]1. The van der Waals surface area contributed by atoms with Crippen LogP contribution in [-0.4, -0.2) is 32.1 Å². The first-order chi connectivity index (χ1) is 11.0. The molecule has 0 bridgehead atoms. The number of nitrogens with one attached hydrogen (secondary N) is 3. The third kappa shape index (κ3) is 3.37. The van der Waals surface area contributed by atoms with Crippen molar-refractivity contribution in [1.29, 1.82) is 0 Å². The van der Waals surface area contributed by atoms with Gasteiger partial charge >= 0.3 is 5.69 Å². The molecule has 120 valence electrons. The van der Waals surface area contributed by atoms with E-state index < -0.39 is 23.2 Å². The van der Waals surface area contributed by atoms with Crippen molar-refractivity contribution < 1.29 is 9.90 Å². The van der Waals surface area contributed by atoms with Crippen LogP contribution in [0.15, 0.2) is 40.1 Å². The summed E-state index contributed by atoms with van der Waals surface area (Å²) in [5.41, 5.74) is -0.826. The average Bonchev–Trinajstić information content (AvgIpc) is 2.49. The summed E-state index contributed by atoms with van der Waals surface area (Å²) in [6.07, 6.45) is 2.38. The molecule has 1 atom stereocenters. The number of H-pyrrole nitrogens is 2. The van der Waals surface area contributed by atoms with Gasteiger partial charge in [-0.3, -0.25) is 19.6 Å². The lowest BCUT2D eigenvalue weighted by molar-refractivity contribution is 0.0227. The highest BCUT2D eigenvalue weighted by molar-refractivity contribution is 5.92. The number of rotatable bonds is 4. The fourth-order valence-corrected chi connectivity index (χ4v) is 2.71. The third-order valence-electron chi connectivity index (χ3n) is 3.92. The molecule has 0 radical (unpaired) electrons. The van der Waals surface area contributed by atoms with Crippen LogP contribution >= 0.6 is 0 Å². The minimum atomic E-state index is -0.740. The smallest absolute Gasteiger partial charge is 0.326 e. The Hall–Kier alpha value is -2.74. The molecule has 1 aliphatic carbocycles. The highest BCUT2D eigenvalue weighted by Crippen LogP contribution is 2.37. The number of carbonyl (C=O) groups is 1. The maximum Gasteiger partial charge on any atom is 0.326 e. The first-order valence-electron chi connectivity index (χ1n) is 7.26. The maximum absolute atomic E-state index is 12.3. The monoisotopic (exact) mass is 316 g/mol. The molecule has 23 heavy (non-hydrogen) atoms. The van der Waals surface area contributed by atoms with Crippen LogP contribution in [0, 0.1) is 5.92 Å². The van der Waals surface area contributed by atoms with Crippen LogP contribution in [0.5, 0.6) is 0 Å². The number of aromatic amines is 2. The van der Waals surface area contributed by atoms with Gasteiger partial charge in [0.05, 0.1) is 17.8 Å². The molecule has 1 fully saturated rings. The van der Waals surface area contributed by atoms with E-state index in [9.17, 15) is 19.5 Å². The molecule has 3 rings (SSSR count). The predicted octanol–water partition coefficient (Wildman–Crippen LogP) is -0.300. The Morgan fingerprint density at radius 1 is 1.30 bits per heavy atom. The Morgan fingerprint density at radius 2 is 2.09 bits per heavy atom. The summed E-state index contributed by atoms with van der Waals surface area (Å²) in [7, 11) is 0. The Balaban J connectivity index is 1.85. The van der Waals surface area contributed by atoms with E-state index in [1.165, 1.54) is 0 Å². The van der Waals surface area contributed by atoms with Gasteiger partial charge in [-0.15, -0.1) is 0 Å². The third-order valence-corrected chi connectivity index (χ3v) is 3.92. The second-order valence-corrected chi connectivity index (χ2v) is 5.59. The first-order valence-corrected chi connectivity index (χ1v) is 7.26. The van der Waals surface area contributed by atoms with E-state index in [4.69, 9.17) is 0 Å². The molecule has 1 unspecified atom stereocenters. The summed E-state index contributed by atoms with van der Waals surface area (Å²) < 4.78 is 0. The van der Waals surface area contributed by atoms with Gasteiger partial charge in [0.2, 0.25) is 0 Å². The summed E-state index contributed by atoms with van der Waals surface area (Å²) in [4.78, 5) is 43.5. The quantitative estimate of drug-likeness (QED) is 0.616. The second-order valence-electron chi connectivity index (χ2n) is 5.59. The van der Waals surface area contributed by atoms with Crippen molar-refractivity contribution in [3.05, 3.63) is 62.7 Å². The van der Waals surface area contributed by atoms with Gasteiger partial charge in [-0.05, 0) is 30.9 Å². The van der Waals surface area contributed by atoms with Crippen LogP contribution < -0.4 is 16.6 Å². The van der Waals surface area contributed by atoms with Gasteiger partial charge in [-0.2, -0.15) is 0 Å². The van der Waals surface area contributed by atoms with Crippen LogP contribution in [0.25, 0.3) is 0 Å². The van der Waals surface area contributed by atoms with Gasteiger partial charge in [0, 0.05) is 12.3 Å². The van der Waals surface area contributed by atoms with Gasteiger partial charge in [-0.25, -0.2) is 4.79 Å². The minimum absolute atomic E-state index is 0.0533. The Labute approximate surface area is 130 Å². The summed E-state index contributed by atoms with van der Waals surface area (Å²) >= 11 is 0. The molecule has 0 aliphatic heterocycles. The van der Waals surface area contributed by atoms with Crippen molar-refractivity contribution in [2.75, 3.05) is 0 Å². The minimum Gasteiger partial charge on any atom is -0.393 e. The standard InChI is InChI=1S/C15H16N4O4/c20-9-5-8(6-9)13(10-3-1-2-4-16-10)19-14(22)11-7-12(21)18-15(23)17-11/h1-4,7-9,13,20H,5-6H2,(H,19,22)(H2,17,18,21,23). The largest absolute Gasteiger partial charge is 0.393 e. The van der Waals surface area contributed by atoms with Crippen LogP contribution in [0.1, 0.15) is 35.1 Å². The van der Waals surface area contributed by atoms with Gasteiger partial charge in [0.25, 0.3) is 11.5 Å². The number of pyridine rings is 1. The molecule has 2 heterocycles. The molecule has 0 aromatic carbocycles. The average molecular weight is 316 g/mol. The number of carbonyl (C=O) groups excluding carboxylic acids is 1. The van der Waals surface area contributed by atoms with Crippen molar-refractivity contribution in [3.63, 3.8) is 0 Å². The molecule has 0 saturated heterocycles. The molecule has 8 nitrogen and oxygen atoms in total. The molecular weight excluding hydrogens is 300 g/mol. The van der Waals surface area contributed by atoms with Crippen LogP contribution in [-0.2, 0) is 0 Å². The number of aliphatic hydroxyl groups is 1. The van der Waals surface area contributed by atoms with Gasteiger partial charge in [0.1, 0.15) is 5.69 Å². The fourth-order valence-electron chi connectivity index (χ4n) is 2.71. The molecule has 1 amide bonds. The van der Waals surface area contributed by atoms with E-state index in [0.29, 0.717) is 18.5 Å². The maximum atomic E-state index is 12.3. The second kappa shape index (κ2) is 6.17. The number of nitrogens with zero attached hydrogens (tertiary/aromatic N) is 1. The number of amides is 1. The first kappa shape index (κ1) is 15.2. The van der Waals surface area contributed by atoms with Crippen molar-refractivity contribution in [3.8, 4) is 0 Å². The highest BCUT2D eigenvalue weighted by atomic mass is 16.3. The number of aromatic nitrogens is 3. The van der Waals surface area contributed by atoms with Gasteiger partial charge in [-0.1, -0.05) is 6.07 Å². The number of hydrogen-bond acceptors (Lipinski definition) is 5. The van der Waals surface area contributed by atoms with E-state index in [1.807, 2.05) is 11.1 Å². The molecule has 2 aromatic heterocycles.